The van der Waals surface area contributed by atoms with E-state index in [1.807, 2.05) is 6.92 Å². The molecular weight excluding hydrogens is 276 g/mol. The van der Waals surface area contributed by atoms with E-state index in [4.69, 9.17) is 5.73 Å². The van der Waals surface area contributed by atoms with Crippen molar-refractivity contribution in [2.75, 3.05) is 5.73 Å². The molecule has 4 atom stereocenters. The Bertz CT molecular complexity index is 637. The minimum atomic E-state index is -3.54. The van der Waals surface area contributed by atoms with Gasteiger partial charge in [-0.15, -0.1) is 0 Å². The number of aryl methyl sites for hydroxylation is 1. The second-order valence-electron chi connectivity index (χ2n) is 6.37. The maximum Gasteiger partial charge on any atom is 0.246 e. The van der Waals surface area contributed by atoms with Gasteiger partial charge < -0.3 is 5.73 Å². The van der Waals surface area contributed by atoms with E-state index in [9.17, 15) is 8.42 Å². The Labute approximate surface area is 118 Å². The van der Waals surface area contributed by atoms with Crippen LogP contribution in [0.5, 0.6) is 0 Å². The van der Waals surface area contributed by atoms with Crippen molar-refractivity contribution in [3.05, 3.63) is 6.20 Å². The smallest absolute Gasteiger partial charge is 0.246 e. The minimum absolute atomic E-state index is 0.0909. The molecule has 20 heavy (non-hydrogen) atoms. The molecule has 3 aliphatic rings. The highest BCUT2D eigenvalue weighted by Crippen LogP contribution is 2.65. The van der Waals surface area contributed by atoms with E-state index in [0.29, 0.717) is 18.4 Å². The lowest BCUT2D eigenvalue weighted by atomic mass is 10.0. The fourth-order valence-electron chi connectivity index (χ4n) is 4.51. The summed E-state index contributed by atoms with van der Waals surface area (Å²) in [6, 6.07) is 0.135. The molecule has 0 spiro atoms. The van der Waals surface area contributed by atoms with E-state index < -0.39 is 10.0 Å². The average Bonchev–Trinajstić information content (AvgIpc) is 2.81. The number of fused-ring (bicyclic) bond motifs is 5. The van der Waals surface area contributed by atoms with Gasteiger partial charge in [0.25, 0.3) is 0 Å². The number of nitrogens with two attached hydrogens (primary N) is 1. The Hall–Kier alpha value is -1.08. The fraction of sp³-hybridized carbons (Fsp3) is 0.769. The summed E-state index contributed by atoms with van der Waals surface area (Å²) >= 11 is 0. The lowest BCUT2D eigenvalue weighted by molar-refractivity contribution is 0.456. The molecule has 3 fully saturated rings. The van der Waals surface area contributed by atoms with E-state index in [1.54, 1.807) is 4.68 Å². The molecule has 0 radical (unpaired) electrons. The van der Waals surface area contributed by atoms with Crippen LogP contribution in [0.2, 0.25) is 0 Å². The van der Waals surface area contributed by atoms with Crippen LogP contribution in [0.4, 0.5) is 5.82 Å². The summed E-state index contributed by atoms with van der Waals surface area (Å²) in [7, 11) is -3.54. The number of nitrogens with one attached hydrogen (secondary N) is 1. The number of rotatable bonds is 4. The summed E-state index contributed by atoms with van der Waals surface area (Å²) in [5.74, 6) is 2.73. The summed E-state index contributed by atoms with van der Waals surface area (Å²) in [6.07, 6.45) is 5.38. The van der Waals surface area contributed by atoms with Crippen LogP contribution < -0.4 is 10.5 Å². The van der Waals surface area contributed by atoms with Gasteiger partial charge in [-0.05, 0) is 49.9 Å². The third kappa shape index (κ3) is 1.65. The number of anilines is 1. The zero-order valence-electron chi connectivity index (χ0n) is 11.5. The van der Waals surface area contributed by atoms with Crippen molar-refractivity contribution in [3.63, 3.8) is 0 Å². The van der Waals surface area contributed by atoms with E-state index in [1.165, 1.54) is 25.5 Å². The lowest BCUT2D eigenvalue weighted by Gasteiger charge is -2.10. The molecule has 3 aliphatic carbocycles. The molecule has 1 aromatic rings. The zero-order valence-corrected chi connectivity index (χ0v) is 12.3. The highest BCUT2D eigenvalue weighted by Gasteiger charge is 2.65. The number of aromatic nitrogens is 2. The zero-order chi connectivity index (χ0) is 14.1. The van der Waals surface area contributed by atoms with Crippen LogP contribution in [0, 0.1) is 23.7 Å². The molecule has 6 nitrogen and oxygen atoms in total. The van der Waals surface area contributed by atoms with Crippen LogP contribution >= 0.6 is 0 Å². The first-order valence-electron chi connectivity index (χ1n) is 7.36. The Kier molecular flexibility index (Phi) is 2.51. The van der Waals surface area contributed by atoms with Crippen molar-refractivity contribution >= 4 is 15.8 Å². The molecule has 0 aromatic carbocycles. The van der Waals surface area contributed by atoms with E-state index in [-0.39, 0.29) is 16.8 Å². The molecule has 4 rings (SSSR count). The number of hydrogen-bond acceptors (Lipinski definition) is 4. The maximum absolute atomic E-state index is 12.5. The van der Waals surface area contributed by atoms with Gasteiger partial charge in [0.15, 0.2) is 5.82 Å². The molecule has 4 unspecified atom stereocenters. The largest absolute Gasteiger partial charge is 0.381 e. The molecular formula is C13H20N4O2S. The molecule has 3 N–H and O–H groups in total. The first-order chi connectivity index (χ1) is 9.51. The van der Waals surface area contributed by atoms with Crippen LogP contribution in [0.25, 0.3) is 0 Å². The van der Waals surface area contributed by atoms with Crippen molar-refractivity contribution in [1.29, 1.82) is 0 Å². The lowest BCUT2D eigenvalue weighted by Crippen LogP contribution is -2.30. The summed E-state index contributed by atoms with van der Waals surface area (Å²) in [5, 5.41) is 4.01. The van der Waals surface area contributed by atoms with Crippen molar-refractivity contribution in [1.82, 2.24) is 14.5 Å². The highest BCUT2D eigenvalue weighted by molar-refractivity contribution is 7.89. The monoisotopic (exact) mass is 296 g/mol. The van der Waals surface area contributed by atoms with Gasteiger partial charge in [0.05, 0.1) is 0 Å². The SMILES string of the molecule is CCn1cc(S(=O)(=O)NC2C3C4CCC(C4)C23)c(N)n1. The predicted molar refractivity (Wildman–Crippen MR) is 74.2 cm³/mol. The Morgan fingerprint density at radius 1 is 1.40 bits per heavy atom. The predicted octanol–water partition coefficient (Wildman–Crippen LogP) is 0.808. The number of hydrogen-bond donors (Lipinski definition) is 2. The maximum atomic E-state index is 12.5. The quantitative estimate of drug-likeness (QED) is 0.860. The Morgan fingerprint density at radius 2 is 2.05 bits per heavy atom. The third-order valence-electron chi connectivity index (χ3n) is 5.39. The fourth-order valence-corrected chi connectivity index (χ4v) is 5.89. The van der Waals surface area contributed by atoms with Gasteiger partial charge in [0, 0.05) is 18.8 Å². The van der Waals surface area contributed by atoms with E-state index in [0.717, 1.165) is 11.8 Å². The van der Waals surface area contributed by atoms with Gasteiger partial charge in [0.1, 0.15) is 4.90 Å². The van der Waals surface area contributed by atoms with Gasteiger partial charge in [-0.25, -0.2) is 13.1 Å². The van der Waals surface area contributed by atoms with Gasteiger partial charge in [-0.1, -0.05) is 0 Å². The van der Waals surface area contributed by atoms with Crippen molar-refractivity contribution in [3.8, 4) is 0 Å². The number of sulfonamides is 1. The molecule has 3 saturated carbocycles. The molecule has 1 heterocycles. The molecule has 7 heteroatoms. The van der Waals surface area contributed by atoms with Gasteiger partial charge in [0.2, 0.25) is 10.0 Å². The Morgan fingerprint density at radius 3 is 2.60 bits per heavy atom. The van der Waals surface area contributed by atoms with Crippen LogP contribution in [0.15, 0.2) is 11.1 Å². The van der Waals surface area contributed by atoms with Gasteiger partial charge in [-0.3, -0.25) is 4.68 Å². The average molecular weight is 296 g/mol. The van der Waals surface area contributed by atoms with Crippen molar-refractivity contribution in [2.45, 2.75) is 43.7 Å². The molecule has 0 saturated heterocycles. The van der Waals surface area contributed by atoms with Crippen LogP contribution in [0.1, 0.15) is 26.2 Å². The van der Waals surface area contributed by atoms with Crippen molar-refractivity contribution < 1.29 is 8.42 Å². The molecule has 1 aromatic heterocycles. The standard InChI is InChI=1S/C13H20N4O2S/c1-2-17-6-9(13(14)15-17)20(18,19)16-12-10-7-3-4-8(5-7)11(10)12/h6-8,10-12,16H,2-5H2,1H3,(H2,14,15). The first-order valence-corrected chi connectivity index (χ1v) is 8.85. The number of nitrogen functional groups attached to an aromatic ring is 1. The summed E-state index contributed by atoms with van der Waals surface area (Å²) < 4.78 is 29.3. The summed E-state index contributed by atoms with van der Waals surface area (Å²) in [6.45, 7) is 2.51. The minimum Gasteiger partial charge on any atom is -0.381 e. The Balaban J connectivity index is 1.55. The van der Waals surface area contributed by atoms with Gasteiger partial charge in [-0.2, -0.15) is 5.10 Å². The third-order valence-corrected chi connectivity index (χ3v) is 6.87. The molecule has 0 aliphatic heterocycles. The molecule has 2 bridgehead atoms. The highest BCUT2D eigenvalue weighted by atomic mass is 32.2. The normalized spacial score (nSPS) is 38.1. The van der Waals surface area contributed by atoms with Crippen LogP contribution in [0.3, 0.4) is 0 Å². The second kappa shape index (κ2) is 3.98. The van der Waals surface area contributed by atoms with E-state index >= 15 is 0 Å². The number of nitrogens with zero attached hydrogens (tertiary/aromatic N) is 2. The molecule has 0 amide bonds. The van der Waals surface area contributed by atoms with Crippen LogP contribution in [-0.2, 0) is 16.6 Å². The summed E-state index contributed by atoms with van der Waals surface area (Å²) in [4.78, 5) is 0.122. The van der Waals surface area contributed by atoms with Crippen molar-refractivity contribution in [2.24, 2.45) is 23.7 Å². The topological polar surface area (TPSA) is 90.0 Å². The molecule has 110 valence electrons. The van der Waals surface area contributed by atoms with E-state index in [2.05, 4.69) is 9.82 Å². The summed E-state index contributed by atoms with van der Waals surface area (Å²) in [5.41, 5.74) is 5.73. The second-order valence-corrected chi connectivity index (χ2v) is 8.05. The first kappa shape index (κ1) is 12.6. The van der Waals surface area contributed by atoms with Crippen LogP contribution in [-0.4, -0.2) is 24.2 Å². The van der Waals surface area contributed by atoms with Gasteiger partial charge >= 0.3 is 0 Å².